The molecule has 3 aliphatic heterocycles. The third-order valence-electron chi connectivity index (χ3n) is 17.3. The van der Waals surface area contributed by atoms with E-state index in [9.17, 15) is 10.2 Å². The van der Waals surface area contributed by atoms with Crippen LogP contribution in [0.1, 0.15) is 50.1 Å². The lowest BCUT2D eigenvalue weighted by Crippen LogP contribution is -2.67. The normalized spacial score (nSPS) is 25.7. The van der Waals surface area contributed by atoms with Crippen LogP contribution in [0.4, 0.5) is 0 Å². The number of hydrogen-bond donors (Lipinski definition) is 2. The van der Waals surface area contributed by atoms with Gasteiger partial charge in [0.1, 0.15) is 73.2 Å². The molecule has 1 unspecified atom stereocenters. The van der Waals surface area contributed by atoms with E-state index in [0.717, 1.165) is 50.1 Å². The maximum atomic E-state index is 13.7. The highest BCUT2D eigenvalue weighted by Crippen LogP contribution is 2.38. The van der Waals surface area contributed by atoms with Crippen LogP contribution in [0, 0.1) is 0 Å². The van der Waals surface area contributed by atoms with Gasteiger partial charge in [-0.25, -0.2) is 0 Å². The Kier molecular flexibility index (Phi) is 26.3. The maximum Gasteiger partial charge on any atom is 0.187 e. The van der Waals surface area contributed by atoms with Crippen molar-refractivity contribution < 1.29 is 76.5 Å². The summed E-state index contributed by atoms with van der Waals surface area (Å²) < 4.78 is 97.7. The highest BCUT2D eigenvalue weighted by atomic mass is 16.8. The fourth-order valence-corrected chi connectivity index (χ4v) is 12.2. The van der Waals surface area contributed by atoms with E-state index in [2.05, 4.69) is 0 Å². The summed E-state index contributed by atoms with van der Waals surface area (Å²) in [4.78, 5) is 0. The van der Waals surface area contributed by atoms with Crippen LogP contribution >= 0.6 is 0 Å². The van der Waals surface area contributed by atoms with Crippen molar-refractivity contribution in [2.45, 2.75) is 152 Å². The van der Waals surface area contributed by atoms with Crippen molar-refractivity contribution in [1.29, 1.82) is 0 Å². The van der Waals surface area contributed by atoms with Crippen LogP contribution in [0.25, 0.3) is 0 Å². The van der Waals surface area contributed by atoms with Crippen molar-refractivity contribution in [3.63, 3.8) is 0 Å². The van der Waals surface area contributed by atoms with E-state index in [1.165, 1.54) is 0 Å². The third-order valence-corrected chi connectivity index (χ3v) is 17.3. The zero-order valence-corrected chi connectivity index (χ0v) is 54.2. The van der Waals surface area contributed by atoms with Crippen LogP contribution in [-0.2, 0) is 126 Å². The first kappa shape index (κ1) is 69.2. The fraction of sp³-hybridized carbons (Fsp3) is 0.333. The van der Waals surface area contributed by atoms with Crippen molar-refractivity contribution in [3.8, 4) is 0 Å². The Morgan fingerprint density at radius 3 is 0.804 bits per heavy atom. The lowest BCUT2D eigenvalue weighted by atomic mass is 9.95. The molecule has 97 heavy (non-hydrogen) atoms. The van der Waals surface area contributed by atoms with E-state index in [0.29, 0.717) is 0 Å². The molecule has 3 aliphatic rings. The lowest BCUT2D eigenvalue weighted by Gasteiger charge is -2.51. The first-order valence-electron chi connectivity index (χ1n) is 33.4. The van der Waals surface area contributed by atoms with E-state index >= 15 is 0 Å². The number of hydrogen-bond acceptors (Lipinski definition) is 16. The lowest BCUT2D eigenvalue weighted by molar-refractivity contribution is -0.390. The van der Waals surface area contributed by atoms with Crippen LogP contribution in [0.3, 0.4) is 0 Å². The molecule has 0 radical (unpaired) electrons. The summed E-state index contributed by atoms with van der Waals surface area (Å²) in [5.41, 5.74) is 8.12. The van der Waals surface area contributed by atoms with E-state index in [1.807, 2.05) is 273 Å². The smallest absolute Gasteiger partial charge is 0.187 e. The van der Waals surface area contributed by atoms with Crippen LogP contribution in [-0.4, -0.2) is 122 Å². The SMILES string of the molecule is OC1O[C@H](COCc2ccccc2)[C@@H](O[C@H]2O[C@H](COCc3ccccc3)[C@@H](O[C@H]3O[C@H](COCc4ccccc4)[C@@H](OCc4ccccc4)[C@H](OCc4ccccc4)[C@H]3OCc3ccccc3)[C@H](O)[C@H]2OCc2ccccc2)[C@H](OCc2ccccc2)[C@H]1OCc1ccccc1. The molecule has 0 bridgehead atoms. The van der Waals surface area contributed by atoms with Crippen molar-refractivity contribution in [2.75, 3.05) is 19.8 Å². The Morgan fingerprint density at radius 1 is 0.227 bits per heavy atom. The van der Waals surface area contributed by atoms with Crippen molar-refractivity contribution in [3.05, 3.63) is 323 Å². The molecule has 0 spiro atoms. The minimum atomic E-state index is -1.55. The molecule has 9 aromatic carbocycles. The maximum absolute atomic E-state index is 13.7. The first-order chi connectivity index (χ1) is 47.9. The quantitative estimate of drug-likeness (QED) is 0.0390. The van der Waals surface area contributed by atoms with Gasteiger partial charge in [0.25, 0.3) is 0 Å². The van der Waals surface area contributed by atoms with Crippen LogP contribution in [0.15, 0.2) is 273 Å². The van der Waals surface area contributed by atoms with Gasteiger partial charge >= 0.3 is 0 Å². The summed E-state index contributed by atoms with van der Waals surface area (Å²) in [6.45, 7) is 1.33. The largest absolute Gasteiger partial charge is 0.387 e. The molecule has 12 rings (SSSR count). The average Bonchev–Trinajstić information content (AvgIpc) is 0.782. The Bertz CT molecular complexity index is 3590. The molecule has 3 heterocycles. The van der Waals surface area contributed by atoms with Gasteiger partial charge in [0, 0.05) is 0 Å². The van der Waals surface area contributed by atoms with Crippen LogP contribution in [0.5, 0.6) is 0 Å². The van der Waals surface area contributed by atoms with Gasteiger partial charge in [0.2, 0.25) is 0 Å². The number of aliphatic hydroxyl groups excluding tert-OH is 2. The number of rotatable bonds is 34. The molecular weight excluding hydrogens is 1230 g/mol. The van der Waals surface area contributed by atoms with Crippen molar-refractivity contribution >= 4 is 0 Å². The predicted octanol–water partition coefficient (Wildman–Crippen LogP) is 12.4. The van der Waals surface area contributed by atoms with Crippen molar-refractivity contribution in [2.24, 2.45) is 0 Å². The van der Waals surface area contributed by atoms with E-state index in [-0.39, 0.29) is 79.3 Å². The second-order valence-electron chi connectivity index (χ2n) is 24.4. The van der Waals surface area contributed by atoms with E-state index in [4.69, 9.17) is 66.3 Å². The number of aliphatic hydroxyl groups is 2. The highest BCUT2D eigenvalue weighted by Gasteiger charge is 2.56. The molecule has 2 N–H and O–H groups in total. The summed E-state index contributed by atoms with van der Waals surface area (Å²) in [7, 11) is 0. The monoisotopic (exact) mass is 1310 g/mol. The molecule has 16 nitrogen and oxygen atoms in total. The van der Waals surface area contributed by atoms with Gasteiger partial charge in [-0.05, 0) is 50.1 Å². The van der Waals surface area contributed by atoms with Gasteiger partial charge in [-0.3, -0.25) is 0 Å². The molecule has 0 saturated carbocycles. The molecule has 0 aliphatic carbocycles. The highest BCUT2D eigenvalue weighted by molar-refractivity contribution is 5.21. The predicted molar refractivity (Wildman–Crippen MR) is 362 cm³/mol. The molecule has 0 aromatic heterocycles. The average molecular weight is 1320 g/mol. The van der Waals surface area contributed by atoms with E-state index < -0.39 is 92.1 Å². The molecule has 3 fully saturated rings. The van der Waals surface area contributed by atoms with Gasteiger partial charge < -0.3 is 76.5 Å². The summed E-state index contributed by atoms with van der Waals surface area (Å²) in [6.07, 6.45) is -17.3. The summed E-state index contributed by atoms with van der Waals surface area (Å²) in [6, 6.07) is 88.3. The third kappa shape index (κ3) is 20.2. The van der Waals surface area contributed by atoms with Crippen molar-refractivity contribution in [1.82, 2.24) is 0 Å². The second-order valence-corrected chi connectivity index (χ2v) is 24.4. The van der Waals surface area contributed by atoms with Gasteiger partial charge in [-0.1, -0.05) is 273 Å². The molecule has 16 heteroatoms. The van der Waals surface area contributed by atoms with Crippen LogP contribution in [0.2, 0.25) is 0 Å². The van der Waals surface area contributed by atoms with Gasteiger partial charge in [-0.2, -0.15) is 0 Å². The molecule has 0 amide bonds. The molecule has 506 valence electrons. The molecule has 3 saturated heterocycles. The summed E-state index contributed by atoms with van der Waals surface area (Å²) >= 11 is 0. The zero-order valence-electron chi connectivity index (χ0n) is 54.2. The fourth-order valence-electron chi connectivity index (χ4n) is 12.2. The Labute approximate surface area is 568 Å². The molecule has 15 atom stereocenters. The Hall–Kier alpha value is -7.66. The van der Waals surface area contributed by atoms with Crippen LogP contribution < -0.4 is 0 Å². The van der Waals surface area contributed by atoms with Gasteiger partial charge in [0.05, 0.1) is 79.3 Å². The summed E-state index contributed by atoms with van der Waals surface area (Å²) in [5, 5.41) is 25.9. The zero-order chi connectivity index (χ0) is 66.1. The topological polar surface area (TPSA) is 170 Å². The Balaban J connectivity index is 0.928. The standard InChI is InChI=1S/C81H86O16/c82-70-71(96-81-78(92-54-66-44-26-9-27-45-66)75(89-51-63-38-20-6-21-39-63)72(87-49-61-34-16-4-17-35-61)68(95-81)56-85-47-59-30-12-2-13-31-59)67(55-84-46-58-28-10-1-11-29-58)94-80(74(70)88-50-62-36-18-5-19-37-62)97-73-69(57-86-48-60-32-14-3-15-33-60)93-79(83)77(91-53-65-42-24-8-25-43-65)76(73)90-52-64-40-22-7-23-41-64/h1-45,67-83H,46-57H2/t67-,68-,69-,70+,71-,72-,73-,74-,75+,76+,77-,78-,79?,80-,81-/m1/s1. The number of ether oxygens (including phenoxy) is 14. The minimum Gasteiger partial charge on any atom is -0.387 e. The minimum absolute atomic E-state index is 0.0212. The first-order valence-corrected chi connectivity index (χ1v) is 33.4. The Morgan fingerprint density at radius 2 is 0.464 bits per heavy atom. The van der Waals surface area contributed by atoms with Gasteiger partial charge in [0.15, 0.2) is 18.9 Å². The second kappa shape index (κ2) is 36.8. The van der Waals surface area contributed by atoms with E-state index in [1.54, 1.807) is 0 Å². The molecule has 9 aromatic rings. The summed E-state index contributed by atoms with van der Waals surface area (Å²) in [5.74, 6) is 0. The van der Waals surface area contributed by atoms with Gasteiger partial charge in [-0.15, -0.1) is 0 Å². The number of benzene rings is 9. The molecular formula is C81H86O16.